The molecule has 1 aliphatic heterocycles. The van der Waals surface area contributed by atoms with Gasteiger partial charge in [0.2, 0.25) is 11.7 Å². The maximum absolute atomic E-state index is 12.8. The molecule has 2 aliphatic carbocycles. The number of carbonyl (C=O) groups excluding carboxylic acids is 2. The smallest absolute Gasteiger partial charge is 0.254 e. The third-order valence-corrected chi connectivity index (χ3v) is 6.78. The van der Waals surface area contributed by atoms with Crippen LogP contribution in [0.2, 0.25) is 0 Å². The molecule has 8 heteroatoms. The first kappa shape index (κ1) is 19.9. The zero-order valence-corrected chi connectivity index (χ0v) is 18.1. The minimum Gasteiger partial charge on any atom is -0.493 e. The molecule has 1 fully saturated rings. The van der Waals surface area contributed by atoms with E-state index in [1.54, 1.807) is 19.3 Å². The number of thiophene rings is 1. The molecular weight excluding hydrogens is 416 g/mol. The Morgan fingerprint density at radius 3 is 2.84 bits per heavy atom. The van der Waals surface area contributed by atoms with E-state index in [4.69, 9.17) is 14.2 Å². The number of amides is 2. The number of methoxy groups -OCH3 is 1. The highest BCUT2D eigenvalue weighted by molar-refractivity contribution is 7.17. The van der Waals surface area contributed by atoms with Gasteiger partial charge in [-0.3, -0.25) is 9.59 Å². The molecule has 1 saturated carbocycles. The molecule has 162 valence electrons. The first-order chi connectivity index (χ1) is 15.1. The fraction of sp³-hybridized carbons (Fsp3) is 0.391. The number of nitrogens with one attached hydrogen (secondary N) is 2. The van der Waals surface area contributed by atoms with Gasteiger partial charge in [0.1, 0.15) is 18.2 Å². The summed E-state index contributed by atoms with van der Waals surface area (Å²) in [7, 11) is 1.57. The number of rotatable bonds is 6. The summed E-state index contributed by atoms with van der Waals surface area (Å²) in [6, 6.07) is 3.89. The van der Waals surface area contributed by atoms with Gasteiger partial charge in [-0.2, -0.15) is 0 Å². The van der Waals surface area contributed by atoms with Crippen molar-refractivity contribution in [3.8, 4) is 17.2 Å². The predicted molar refractivity (Wildman–Crippen MR) is 118 cm³/mol. The fourth-order valence-corrected chi connectivity index (χ4v) is 5.22. The lowest BCUT2D eigenvalue weighted by Crippen LogP contribution is -2.27. The van der Waals surface area contributed by atoms with Gasteiger partial charge in [0.25, 0.3) is 5.91 Å². The number of hydrogen-bond donors (Lipinski definition) is 2. The molecule has 0 atom stereocenters. The van der Waals surface area contributed by atoms with Crippen molar-refractivity contribution >= 4 is 34.2 Å². The lowest BCUT2D eigenvalue weighted by Gasteiger charge is -2.20. The Hall–Kier alpha value is -3.00. The molecule has 3 aliphatic rings. The van der Waals surface area contributed by atoms with Crippen LogP contribution in [-0.2, 0) is 17.6 Å². The summed E-state index contributed by atoms with van der Waals surface area (Å²) in [6.07, 6.45) is 8.13. The highest BCUT2D eigenvalue weighted by Crippen LogP contribution is 2.41. The van der Waals surface area contributed by atoms with Crippen LogP contribution >= 0.6 is 11.3 Å². The maximum Gasteiger partial charge on any atom is 0.254 e. The van der Waals surface area contributed by atoms with E-state index >= 15 is 0 Å². The van der Waals surface area contributed by atoms with Crippen LogP contribution in [-0.4, -0.2) is 38.2 Å². The van der Waals surface area contributed by atoms with Gasteiger partial charge in [0, 0.05) is 17.0 Å². The summed E-state index contributed by atoms with van der Waals surface area (Å²) in [6.45, 7) is 0.945. The van der Waals surface area contributed by atoms with Gasteiger partial charge in [0.15, 0.2) is 11.5 Å². The van der Waals surface area contributed by atoms with Crippen LogP contribution in [0.4, 0.5) is 5.00 Å². The molecule has 2 amide bonds. The molecule has 1 aromatic carbocycles. The summed E-state index contributed by atoms with van der Waals surface area (Å²) in [5, 5.41) is 6.61. The predicted octanol–water partition coefficient (Wildman–Crippen LogP) is 3.56. The Morgan fingerprint density at radius 2 is 2.03 bits per heavy atom. The fourth-order valence-electron chi connectivity index (χ4n) is 3.93. The highest BCUT2D eigenvalue weighted by atomic mass is 32.1. The van der Waals surface area contributed by atoms with Gasteiger partial charge < -0.3 is 24.8 Å². The lowest BCUT2D eigenvalue weighted by molar-refractivity contribution is -0.111. The molecule has 0 radical (unpaired) electrons. The van der Waals surface area contributed by atoms with Gasteiger partial charge in [-0.15, -0.1) is 11.3 Å². The first-order valence-corrected chi connectivity index (χ1v) is 11.4. The minimum atomic E-state index is -0.283. The van der Waals surface area contributed by atoms with Crippen LogP contribution < -0.4 is 24.8 Å². The third-order valence-electron chi connectivity index (χ3n) is 5.58. The van der Waals surface area contributed by atoms with Crippen molar-refractivity contribution in [1.82, 2.24) is 5.32 Å². The monoisotopic (exact) mass is 440 g/mol. The van der Waals surface area contributed by atoms with Crippen LogP contribution in [0, 0.1) is 0 Å². The van der Waals surface area contributed by atoms with E-state index in [9.17, 15) is 9.59 Å². The highest BCUT2D eigenvalue weighted by Gasteiger charge is 2.30. The second kappa shape index (κ2) is 8.26. The molecule has 2 aromatic rings. The average molecular weight is 441 g/mol. The molecule has 0 bridgehead atoms. The zero-order chi connectivity index (χ0) is 21.4. The normalized spacial score (nSPS) is 16.8. The van der Waals surface area contributed by atoms with Gasteiger partial charge in [0.05, 0.1) is 12.7 Å². The van der Waals surface area contributed by atoms with Gasteiger partial charge in [-0.05, 0) is 61.4 Å². The summed E-state index contributed by atoms with van der Waals surface area (Å²) >= 11 is 1.52. The van der Waals surface area contributed by atoms with E-state index in [0.29, 0.717) is 41.0 Å². The molecule has 5 rings (SSSR count). The number of anilines is 1. The van der Waals surface area contributed by atoms with E-state index in [1.807, 2.05) is 6.07 Å². The van der Waals surface area contributed by atoms with E-state index in [-0.39, 0.29) is 17.9 Å². The zero-order valence-electron chi connectivity index (χ0n) is 17.3. The minimum absolute atomic E-state index is 0.0715. The molecule has 31 heavy (non-hydrogen) atoms. The van der Waals surface area contributed by atoms with E-state index < -0.39 is 0 Å². The van der Waals surface area contributed by atoms with Crippen LogP contribution in [0.15, 0.2) is 18.2 Å². The van der Waals surface area contributed by atoms with Gasteiger partial charge in [-0.25, -0.2) is 0 Å². The van der Waals surface area contributed by atoms with Crippen LogP contribution in [0.25, 0.3) is 6.08 Å². The molecular formula is C23H24N2O5S. The first-order valence-electron chi connectivity index (χ1n) is 10.5. The quantitative estimate of drug-likeness (QED) is 0.671. The van der Waals surface area contributed by atoms with E-state index in [1.165, 1.54) is 22.3 Å². The Labute approximate surface area is 184 Å². The molecule has 7 nitrogen and oxygen atoms in total. The van der Waals surface area contributed by atoms with Crippen molar-refractivity contribution < 1.29 is 23.8 Å². The Balaban J connectivity index is 1.34. The van der Waals surface area contributed by atoms with Crippen LogP contribution in [0.3, 0.4) is 0 Å². The van der Waals surface area contributed by atoms with Crippen molar-refractivity contribution in [2.75, 3.05) is 25.6 Å². The number of hydrogen-bond acceptors (Lipinski definition) is 6. The second-order valence-corrected chi connectivity index (χ2v) is 8.98. The van der Waals surface area contributed by atoms with Crippen molar-refractivity contribution in [1.29, 1.82) is 0 Å². The standard InChI is InChI=1S/C23H24N2O5S/c1-28-16-11-13(12-17-21(16)30-10-9-29-17)5-8-19(26)25-23-20(22(27)24-14-6-7-14)15-3-2-4-18(15)31-23/h5,8,11-12,14H,2-4,6-7,9-10H2,1H3,(H,24,27)(H,25,26)/b8-5+. The number of aryl methyl sites for hydroxylation is 1. The second-order valence-electron chi connectivity index (χ2n) is 7.88. The van der Waals surface area contributed by atoms with Crippen molar-refractivity contribution in [3.63, 3.8) is 0 Å². The largest absolute Gasteiger partial charge is 0.493 e. The molecule has 0 unspecified atom stereocenters. The van der Waals surface area contributed by atoms with E-state index in [2.05, 4.69) is 10.6 Å². The van der Waals surface area contributed by atoms with Gasteiger partial charge >= 0.3 is 0 Å². The summed E-state index contributed by atoms with van der Waals surface area (Å²) in [5.74, 6) is 1.38. The average Bonchev–Trinajstić information content (AvgIpc) is 3.36. The number of fused-ring (bicyclic) bond motifs is 2. The van der Waals surface area contributed by atoms with Crippen molar-refractivity contribution in [2.24, 2.45) is 0 Å². The van der Waals surface area contributed by atoms with Crippen molar-refractivity contribution in [3.05, 3.63) is 39.8 Å². The summed E-state index contributed by atoms with van der Waals surface area (Å²) < 4.78 is 16.6. The number of ether oxygens (including phenoxy) is 3. The Bertz CT molecular complexity index is 1050. The molecule has 1 aromatic heterocycles. The molecule has 0 saturated heterocycles. The lowest BCUT2D eigenvalue weighted by atomic mass is 10.1. The molecule has 2 heterocycles. The van der Waals surface area contributed by atoms with Crippen LogP contribution in [0.1, 0.15) is 45.6 Å². The Morgan fingerprint density at radius 1 is 1.19 bits per heavy atom. The maximum atomic E-state index is 12.8. The van der Waals surface area contributed by atoms with Crippen molar-refractivity contribution in [2.45, 2.75) is 38.1 Å². The molecule has 0 spiro atoms. The third kappa shape index (κ3) is 4.12. The topological polar surface area (TPSA) is 85.9 Å². The van der Waals surface area contributed by atoms with E-state index in [0.717, 1.165) is 43.2 Å². The summed E-state index contributed by atoms with van der Waals surface area (Å²) in [5.41, 5.74) is 2.50. The molecule has 2 N–H and O–H groups in total. The van der Waals surface area contributed by atoms with Crippen LogP contribution in [0.5, 0.6) is 17.2 Å². The Kier molecular flexibility index (Phi) is 5.31. The van der Waals surface area contributed by atoms with Gasteiger partial charge in [-0.1, -0.05) is 0 Å². The number of carbonyl (C=O) groups is 2. The SMILES string of the molecule is COc1cc(/C=C/C(=O)Nc2sc3c(c2C(=O)NC2CC2)CCC3)cc2c1OCCO2. The summed E-state index contributed by atoms with van der Waals surface area (Å²) in [4.78, 5) is 26.7. The number of benzene rings is 1.